The number of nitriles is 1. The summed E-state index contributed by atoms with van der Waals surface area (Å²) < 4.78 is 13.1. The number of nitrogens with zero attached hydrogens (tertiary/aromatic N) is 2. The summed E-state index contributed by atoms with van der Waals surface area (Å²) in [5.74, 6) is 0.0754. The summed E-state index contributed by atoms with van der Waals surface area (Å²) in [5, 5.41) is 9.08. The van der Waals surface area contributed by atoms with E-state index in [4.69, 9.17) is 11.0 Å². The summed E-state index contributed by atoms with van der Waals surface area (Å²) in [6.07, 6.45) is 1.95. The first-order valence-electron chi connectivity index (χ1n) is 6.36. The number of nitrogens with two attached hydrogens (primary N) is 1. The van der Waals surface area contributed by atoms with E-state index in [1.807, 2.05) is 0 Å². The van der Waals surface area contributed by atoms with E-state index in [1.165, 1.54) is 12.1 Å². The lowest BCUT2D eigenvalue weighted by Gasteiger charge is -2.38. The highest BCUT2D eigenvalue weighted by molar-refractivity contribution is 5.59. The molecule has 2 atom stereocenters. The van der Waals surface area contributed by atoms with Gasteiger partial charge in [0, 0.05) is 19.1 Å². The van der Waals surface area contributed by atoms with E-state index < -0.39 is 0 Å². The van der Waals surface area contributed by atoms with E-state index in [0.29, 0.717) is 11.5 Å². The van der Waals surface area contributed by atoms with Gasteiger partial charge in [0.15, 0.2) is 0 Å². The minimum absolute atomic E-state index is 0.234. The highest BCUT2D eigenvalue weighted by Crippen LogP contribution is 2.27. The van der Waals surface area contributed by atoms with Gasteiger partial charge in [-0.2, -0.15) is 5.26 Å². The third-order valence-corrected chi connectivity index (χ3v) is 3.74. The maximum atomic E-state index is 13.1. The molecule has 0 spiro atoms. The molecular weight excluding hydrogens is 229 g/mol. The van der Waals surface area contributed by atoms with E-state index in [0.717, 1.165) is 31.6 Å². The molecule has 0 saturated carbocycles. The van der Waals surface area contributed by atoms with Crippen LogP contribution in [0, 0.1) is 23.1 Å². The quantitative estimate of drug-likeness (QED) is 0.872. The molecule has 2 unspecified atom stereocenters. The molecule has 0 radical (unpaired) electrons. The third-order valence-electron chi connectivity index (χ3n) is 3.74. The van der Waals surface area contributed by atoms with Crippen molar-refractivity contribution in [3.8, 4) is 6.07 Å². The number of hydrogen-bond donors (Lipinski definition) is 1. The van der Waals surface area contributed by atoms with Gasteiger partial charge in [-0.15, -0.1) is 0 Å². The Labute approximate surface area is 107 Å². The summed E-state index contributed by atoms with van der Waals surface area (Å²) in [7, 11) is 0. The van der Waals surface area contributed by atoms with Crippen molar-refractivity contribution in [1.82, 2.24) is 0 Å². The van der Waals surface area contributed by atoms with Crippen LogP contribution in [-0.4, -0.2) is 19.1 Å². The lowest BCUT2D eigenvalue weighted by Crippen LogP contribution is -2.47. The van der Waals surface area contributed by atoms with Crippen LogP contribution in [0.25, 0.3) is 0 Å². The van der Waals surface area contributed by atoms with Gasteiger partial charge in [-0.25, -0.2) is 4.39 Å². The zero-order valence-electron chi connectivity index (χ0n) is 10.6. The molecule has 0 bridgehead atoms. The fraction of sp³-hybridized carbons (Fsp3) is 0.500. The summed E-state index contributed by atoms with van der Waals surface area (Å²) in [5.41, 5.74) is 7.30. The zero-order chi connectivity index (χ0) is 13.1. The van der Waals surface area contributed by atoms with Crippen molar-refractivity contribution in [1.29, 1.82) is 5.26 Å². The van der Waals surface area contributed by atoms with E-state index >= 15 is 0 Å². The minimum atomic E-state index is -0.365. The van der Waals surface area contributed by atoms with Crippen LogP contribution in [0.4, 0.5) is 10.1 Å². The Hall–Kier alpha value is -1.60. The van der Waals surface area contributed by atoms with Crippen molar-refractivity contribution in [3.63, 3.8) is 0 Å². The third kappa shape index (κ3) is 2.46. The van der Waals surface area contributed by atoms with Crippen LogP contribution in [0.2, 0.25) is 0 Å². The second kappa shape index (κ2) is 5.36. The van der Waals surface area contributed by atoms with Gasteiger partial charge < -0.3 is 10.6 Å². The fourth-order valence-corrected chi connectivity index (χ4v) is 2.57. The highest BCUT2D eigenvalue weighted by atomic mass is 19.1. The predicted molar refractivity (Wildman–Crippen MR) is 69.7 cm³/mol. The van der Waals surface area contributed by atoms with E-state index in [1.54, 1.807) is 6.07 Å². The molecule has 1 aromatic carbocycles. The molecule has 2 rings (SSSR count). The van der Waals surface area contributed by atoms with E-state index in [-0.39, 0.29) is 11.9 Å². The molecule has 2 N–H and O–H groups in total. The maximum Gasteiger partial charge on any atom is 0.124 e. The van der Waals surface area contributed by atoms with Gasteiger partial charge in [-0.1, -0.05) is 13.3 Å². The Balaban J connectivity index is 2.25. The zero-order valence-corrected chi connectivity index (χ0v) is 10.6. The first-order chi connectivity index (χ1) is 8.65. The second-order valence-electron chi connectivity index (χ2n) is 4.84. The Kier molecular flexibility index (Phi) is 3.83. The number of benzene rings is 1. The van der Waals surface area contributed by atoms with Crippen molar-refractivity contribution in [2.45, 2.75) is 25.8 Å². The second-order valence-corrected chi connectivity index (χ2v) is 4.84. The van der Waals surface area contributed by atoms with Gasteiger partial charge in [0.1, 0.15) is 11.9 Å². The van der Waals surface area contributed by atoms with Crippen LogP contribution in [0.5, 0.6) is 0 Å². The van der Waals surface area contributed by atoms with Crippen LogP contribution in [0.1, 0.15) is 25.3 Å². The molecule has 1 fully saturated rings. The van der Waals surface area contributed by atoms with Gasteiger partial charge in [0.2, 0.25) is 0 Å². The summed E-state index contributed by atoms with van der Waals surface area (Å²) in [6, 6.07) is 6.70. The Bertz CT molecular complexity index is 467. The fourth-order valence-electron chi connectivity index (χ4n) is 2.57. The molecule has 0 amide bonds. The van der Waals surface area contributed by atoms with Gasteiger partial charge >= 0.3 is 0 Å². The highest BCUT2D eigenvalue weighted by Gasteiger charge is 2.26. The first-order valence-corrected chi connectivity index (χ1v) is 6.36. The van der Waals surface area contributed by atoms with Gasteiger partial charge in [-0.3, -0.25) is 0 Å². The van der Waals surface area contributed by atoms with Crippen LogP contribution >= 0.6 is 0 Å². The summed E-state index contributed by atoms with van der Waals surface area (Å²) >= 11 is 0. The number of anilines is 1. The van der Waals surface area contributed by atoms with Crippen molar-refractivity contribution in [3.05, 3.63) is 29.6 Å². The van der Waals surface area contributed by atoms with Crippen molar-refractivity contribution < 1.29 is 4.39 Å². The van der Waals surface area contributed by atoms with Crippen molar-refractivity contribution in [2.75, 3.05) is 18.0 Å². The number of halogens is 1. The first kappa shape index (κ1) is 12.8. The molecule has 1 heterocycles. The average molecular weight is 247 g/mol. The molecule has 18 heavy (non-hydrogen) atoms. The van der Waals surface area contributed by atoms with Crippen molar-refractivity contribution in [2.24, 2.45) is 11.7 Å². The maximum absolute atomic E-state index is 13.1. The topological polar surface area (TPSA) is 53.0 Å². The molecule has 1 aliphatic heterocycles. The van der Waals surface area contributed by atoms with E-state index in [9.17, 15) is 4.39 Å². The van der Waals surface area contributed by atoms with Gasteiger partial charge in [0.25, 0.3) is 0 Å². The lowest BCUT2D eigenvalue weighted by molar-refractivity contribution is 0.348. The van der Waals surface area contributed by atoms with Crippen LogP contribution in [-0.2, 0) is 0 Å². The summed E-state index contributed by atoms with van der Waals surface area (Å²) in [6.45, 7) is 3.81. The summed E-state index contributed by atoms with van der Waals surface area (Å²) in [4.78, 5) is 2.15. The normalized spacial score (nSPS) is 23.8. The number of rotatable bonds is 2. The monoisotopic (exact) mass is 247 g/mol. The van der Waals surface area contributed by atoms with Crippen molar-refractivity contribution >= 4 is 5.69 Å². The molecule has 1 saturated heterocycles. The Morgan fingerprint density at radius 1 is 1.56 bits per heavy atom. The minimum Gasteiger partial charge on any atom is -0.370 e. The van der Waals surface area contributed by atoms with Gasteiger partial charge in [0.05, 0.1) is 11.3 Å². The Morgan fingerprint density at radius 2 is 2.33 bits per heavy atom. The molecule has 0 aromatic heterocycles. The predicted octanol–water partition coefficient (Wildman–Crippen LogP) is 2.26. The SMILES string of the molecule is CCC1CN(c2ccc(F)cc2C#N)CCC1N. The smallest absolute Gasteiger partial charge is 0.124 e. The average Bonchev–Trinajstić information content (AvgIpc) is 2.39. The molecular formula is C14H18FN3. The number of piperidine rings is 1. The molecule has 1 aromatic rings. The molecule has 96 valence electrons. The molecule has 1 aliphatic rings. The number of hydrogen-bond acceptors (Lipinski definition) is 3. The molecule has 0 aliphatic carbocycles. The lowest BCUT2D eigenvalue weighted by atomic mass is 9.90. The largest absolute Gasteiger partial charge is 0.370 e. The molecule has 3 nitrogen and oxygen atoms in total. The standard InChI is InChI=1S/C14H18FN3/c1-2-10-9-18(6-5-13(10)17)14-4-3-12(15)7-11(14)8-16/h3-4,7,10,13H,2,5-6,9,17H2,1H3. The van der Waals surface area contributed by atoms with E-state index in [2.05, 4.69) is 17.9 Å². The Morgan fingerprint density at radius 3 is 3.00 bits per heavy atom. The van der Waals surface area contributed by atoms with Crippen LogP contribution < -0.4 is 10.6 Å². The van der Waals surface area contributed by atoms with Gasteiger partial charge in [-0.05, 0) is 30.5 Å². The molecule has 4 heteroatoms. The van der Waals surface area contributed by atoms with Crippen LogP contribution in [0.15, 0.2) is 18.2 Å². The van der Waals surface area contributed by atoms with Crippen LogP contribution in [0.3, 0.4) is 0 Å².